The van der Waals surface area contributed by atoms with Gasteiger partial charge in [0.25, 0.3) is 11.8 Å². The zero-order valence-corrected chi connectivity index (χ0v) is 15.1. The van der Waals surface area contributed by atoms with E-state index in [1.807, 2.05) is 0 Å². The van der Waals surface area contributed by atoms with Crippen molar-refractivity contribution < 1.29 is 23.5 Å². The quantitative estimate of drug-likeness (QED) is 0.849. The Morgan fingerprint density at radius 1 is 1.14 bits per heavy atom. The summed E-state index contributed by atoms with van der Waals surface area (Å²) in [6.45, 7) is 0.266. The number of carbonyl (C=O) groups is 2. The van der Waals surface area contributed by atoms with Crippen LogP contribution >= 0.6 is 0 Å². The predicted molar refractivity (Wildman–Crippen MR) is 99.0 cm³/mol. The van der Waals surface area contributed by atoms with Crippen molar-refractivity contribution in [1.82, 2.24) is 10.2 Å². The summed E-state index contributed by atoms with van der Waals surface area (Å²) in [6.07, 6.45) is 1.57. The fourth-order valence-corrected chi connectivity index (χ4v) is 4.03. The lowest BCUT2D eigenvalue weighted by Crippen LogP contribution is -2.43. The lowest BCUT2D eigenvalue weighted by atomic mass is 10.0. The number of alkyl halides is 2. The fourth-order valence-electron chi connectivity index (χ4n) is 4.03. The van der Waals surface area contributed by atoms with Gasteiger partial charge in [-0.15, -0.1) is 0 Å². The maximum absolute atomic E-state index is 14.6. The Balaban J connectivity index is 1.51. The van der Waals surface area contributed by atoms with Gasteiger partial charge in [0.05, 0.1) is 19.2 Å². The number of aliphatic hydroxyl groups is 1. The minimum Gasteiger partial charge on any atom is -0.394 e. The predicted octanol–water partition coefficient (Wildman–Crippen LogP) is 2.52. The van der Waals surface area contributed by atoms with Crippen LogP contribution in [0.15, 0.2) is 42.5 Å². The van der Waals surface area contributed by atoms with E-state index in [2.05, 4.69) is 5.32 Å². The number of benzene rings is 2. The molecule has 2 amide bonds. The highest BCUT2D eigenvalue weighted by Crippen LogP contribution is 2.50. The molecule has 1 saturated heterocycles. The molecule has 1 atom stereocenters. The summed E-state index contributed by atoms with van der Waals surface area (Å²) in [7, 11) is 0. The van der Waals surface area contributed by atoms with Gasteiger partial charge >= 0.3 is 0 Å². The highest BCUT2D eigenvalue weighted by Gasteiger charge is 2.44. The Morgan fingerprint density at radius 2 is 1.89 bits per heavy atom. The SMILES string of the molecule is O=C(NCC(=O)N1CCC[C@H]1CO)c1ccc2c(c1)-c1ccccc1C2(F)F. The largest absolute Gasteiger partial charge is 0.394 e. The average Bonchev–Trinajstić information content (AvgIpc) is 3.27. The molecule has 0 saturated carbocycles. The van der Waals surface area contributed by atoms with Gasteiger partial charge in [-0.1, -0.05) is 30.3 Å². The minimum absolute atomic E-state index is 0.0678. The minimum atomic E-state index is -3.09. The van der Waals surface area contributed by atoms with Crippen molar-refractivity contribution in [3.05, 3.63) is 59.2 Å². The Labute approximate surface area is 161 Å². The number of nitrogens with zero attached hydrogens (tertiary/aromatic N) is 1. The molecule has 146 valence electrons. The maximum Gasteiger partial charge on any atom is 0.299 e. The van der Waals surface area contributed by atoms with Gasteiger partial charge in [-0.25, -0.2) is 0 Å². The number of hydrogen-bond donors (Lipinski definition) is 2. The molecular weight excluding hydrogens is 366 g/mol. The third-order valence-electron chi connectivity index (χ3n) is 5.48. The fraction of sp³-hybridized carbons (Fsp3) is 0.333. The molecule has 2 aromatic carbocycles. The smallest absolute Gasteiger partial charge is 0.299 e. The van der Waals surface area contributed by atoms with Gasteiger partial charge in [0.2, 0.25) is 5.91 Å². The summed E-state index contributed by atoms with van der Waals surface area (Å²) in [5.41, 5.74) is 0.778. The molecule has 2 N–H and O–H groups in total. The molecule has 5 nitrogen and oxygen atoms in total. The Morgan fingerprint density at radius 3 is 2.68 bits per heavy atom. The third kappa shape index (κ3) is 2.96. The number of likely N-dealkylation sites (tertiary alicyclic amines) is 1. The van der Waals surface area contributed by atoms with Crippen molar-refractivity contribution in [1.29, 1.82) is 0 Å². The first-order valence-corrected chi connectivity index (χ1v) is 9.24. The summed E-state index contributed by atoms with van der Waals surface area (Å²) < 4.78 is 29.2. The normalized spacial score (nSPS) is 19.2. The molecule has 1 heterocycles. The summed E-state index contributed by atoms with van der Waals surface area (Å²) >= 11 is 0. The van der Waals surface area contributed by atoms with Crippen LogP contribution in [0.1, 0.15) is 34.3 Å². The molecule has 2 aromatic rings. The molecule has 1 aliphatic carbocycles. The standard InChI is InChI=1S/C21H20F2N2O3/c22-21(23)17-6-2-1-5-15(17)16-10-13(7-8-18(16)21)20(28)24-11-19(27)25-9-3-4-14(25)12-26/h1-2,5-8,10,14,26H,3-4,9,11-12H2,(H,24,28)/t14-/m0/s1. The van der Waals surface area contributed by atoms with Gasteiger partial charge in [-0.05, 0) is 36.1 Å². The van der Waals surface area contributed by atoms with E-state index in [4.69, 9.17) is 0 Å². The van der Waals surface area contributed by atoms with Crippen LogP contribution in [0.4, 0.5) is 8.78 Å². The molecule has 28 heavy (non-hydrogen) atoms. The lowest BCUT2D eigenvalue weighted by molar-refractivity contribution is -0.131. The van der Waals surface area contributed by atoms with Crippen LogP contribution in [0.5, 0.6) is 0 Å². The van der Waals surface area contributed by atoms with Gasteiger partial charge in [-0.2, -0.15) is 8.78 Å². The Bertz CT molecular complexity index is 945. The van der Waals surface area contributed by atoms with E-state index in [1.165, 1.54) is 24.3 Å². The van der Waals surface area contributed by atoms with E-state index in [0.717, 1.165) is 12.8 Å². The summed E-state index contributed by atoms with van der Waals surface area (Å²) in [6, 6.07) is 10.1. The number of fused-ring (bicyclic) bond motifs is 3. The average molecular weight is 386 g/mol. The van der Waals surface area contributed by atoms with Crippen LogP contribution in [0, 0.1) is 0 Å². The maximum atomic E-state index is 14.6. The monoisotopic (exact) mass is 386 g/mol. The highest BCUT2D eigenvalue weighted by atomic mass is 19.3. The number of aliphatic hydroxyl groups excluding tert-OH is 1. The number of carbonyl (C=O) groups excluding carboxylic acids is 2. The highest BCUT2D eigenvalue weighted by molar-refractivity contribution is 5.98. The molecular formula is C21H20F2N2O3. The zero-order chi connectivity index (χ0) is 19.9. The summed E-state index contributed by atoms with van der Waals surface area (Å²) in [5, 5.41) is 11.9. The van der Waals surface area contributed by atoms with E-state index in [-0.39, 0.29) is 41.8 Å². The molecule has 7 heteroatoms. The van der Waals surface area contributed by atoms with Gasteiger partial charge in [0, 0.05) is 23.2 Å². The summed E-state index contributed by atoms with van der Waals surface area (Å²) in [5.74, 6) is -3.85. The van der Waals surface area contributed by atoms with Crippen molar-refractivity contribution >= 4 is 11.8 Å². The van der Waals surface area contributed by atoms with E-state index < -0.39 is 11.8 Å². The van der Waals surface area contributed by atoms with Crippen LogP contribution in [0.2, 0.25) is 0 Å². The van der Waals surface area contributed by atoms with Crippen LogP contribution in [0.25, 0.3) is 11.1 Å². The first kappa shape index (κ1) is 18.6. The number of halogens is 2. The Kier molecular flexibility index (Phi) is 4.63. The second-order valence-corrected chi connectivity index (χ2v) is 7.13. The van der Waals surface area contributed by atoms with Crippen LogP contribution in [0.3, 0.4) is 0 Å². The van der Waals surface area contributed by atoms with Gasteiger partial charge in [0.15, 0.2) is 0 Å². The van der Waals surface area contributed by atoms with E-state index in [0.29, 0.717) is 17.7 Å². The van der Waals surface area contributed by atoms with Crippen LogP contribution in [-0.2, 0) is 10.7 Å². The molecule has 0 aromatic heterocycles. The molecule has 0 spiro atoms. The molecule has 4 rings (SSSR count). The van der Waals surface area contributed by atoms with Gasteiger partial charge in [-0.3, -0.25) is 9.59 Å². The van der Waals surface area contributed by atoms with Crippen molar-refractivity contribution in [2.45, 2.75) is 24.8 Å². The van der Waals surface area contributed by atoms with Gasteiger partial charge in [0.1, 0.15) is 0 Å². The summed E-state index contributed by atoms with van der Waals surface area (Å²) in [4.78, 5) is 26.3. The third-order valence-corrected chi connectivity index (χ3v) is 5.48. The molecule has 0 unspecified atom stereocenters. The van der Waals surface area contributed by atoms with E-state index >= 15 is 0 Å². The second kappa shape index (κ2) is 6.98. The number of rotatable bonds is 4. The molecule has 2 aliphatic rings. The van der Waals surface area contributed by atoms with Crippen molar-refractivity contribution in [3.63, 3.8) is 0 Å². The van der Waals surface area contributed by atoms with Crippen LogP contribution in [-0.4, -0.2) is 47.6 Å². The number of amides is 2. The van der Waals surface area contributed by atoms with E-state index in [1.54, 1.807) is 23.1 Å². The number of hydrogen-bond acceptors (Lipinski definition) is 3. The molecule has 1 aliphatic heterocycles. The first-order valence-electron chi connectivity index (χ1n) is 9.24. The first-order chi connectivity index (χ1) is 13.4. The van der Waals surface area contributed by atoms with Crippen molar-refractivity contribution in [2.75, 3.05) is 19.7 Å². The zero-order valence-electron chi connectivity index (χ0n) is 15.1. The van der Waals surface area contributed by atoms with Crippen molar-refractivity contribution in [2.24, 2.45) is 0 Å². The van der Waals surface area contributed by atoms with Crippen LogP contribution < -0.4 is 5.32 Å². The molecule has 1 fully saturated rings. The Hall–Kier alpha value is -2.80. The van der Waals surface area contributed by atoms with Gasteiger partial charge < -0.3 is 15.3 Å². The molecule has 0 bridgehead atoms. The van der Waals surface area contributed by atoms with E-state index in [9.17, 15) is 23.5 Å². The molecule has 0 radical (unpaired) electrons. The van der Waals surface area contributed by atoms with Crippen molar-refractivity contribution in [3.8, 4) is 11.1 Å². The number of nitrogens with one attached hydrogen (secondary N) is 1. The second-order valence-electron chi connectivity index (χ2n) is 7.13. The lowest BCUT2D eigenvalue weighted by Gasteiger charge is -2.23. The topological polar surface area (TPSA) is 69.6 Å².